The van der Waals surface area contributed by atoms with Crippen LogP contribution in [-0.4, -0.2) is 43.8 Å². The molecule has 28 heavy (non-hydrogen) atoms. The van der Waals surface area contributed by atoms with Crippen molar-refractivity contribution in [1.29, 1.82) is 0 Å². The van der Waals surface area contributed by atoms with Crippen molar-refractivity contribution in [3.05, 3.63) is 17.7 Å². The maximum atomic E-state index is 12.5. The van der Waals surface area contributed by atoms with E-state index in [2.05, 4.69) is 49.4 Å². The third kappa shape index (κ3) is 9.58. The maximum Gasteiger partial charge on any atom is 0.441 e. The number of allylic oxidation sites excluding steroid dienone is 2. The number of ketones is 1. The first kappa shape index (κ1) is 26.4. The van der Waals surface area contributed by atoms with Gasteiger partial charge in [-0.3, -0.25) is 4.79 Å². The first-order chi connectivity index (χ1) is 13.4. The van der Waals surface area contributed by atoms with E-state index in [9.17, 15) is 9.59 Å². The molecule has 0 amide bonds. The molecule has 0 fully saturated rings. The summed E-state index contributed by atoms with van der Waals surface area (Å²) in [6.07, 6.45) is 10.3. The number of hydrogen-bond donors (Lipinski definition) is 0. The van der Waals surface area contributed by atoms with Gasteiger partial charge in [-0.05, 0) is 43.8 Å². The predicted octanol–water partition coefficient (Wildman–Crippen LogP) is 5.10. The largest absolute Gasteiger partial charge is 0.460 e. The summed E-state index contributed by atoms with van der Waals surface area (Å²) in [4.78, 5) is 26.9. The summed E-state index contributed by atoms with van der Waals surface area (Å²) >= 11 is 0. The van der Waals surface area contributed by atoms with Crippen LogP contribution in [0.25, 0.3) is 5.53 Å². The monoisotopic (exact) mass is 410 g/mol. The maximum absolute atomic E-state index is 12.5. The van der Waals surface area contributed by atoms with Crippen molar-refractivity contribution in [3.63, 3.8) is 0 Å². The van der Waals surface area contributed by atoms with E-state index in [1.165, 1.54) is 19.3 Å². The topological polar surface area (TPSA) is 89.0 Å². The van der Waals surface area contributed by atoms with Crippen molar-refractivity contribution in [1.82, 2.24) is 0 Å². The van der Waals surface area contributed by atoms with Crippen molar-refractivity contribution in [2.45, 2.75) is 96.9 Å². The predicted molar refractivity (Wildman–Crippen MR) is 115 cm³/mol. The third-order valence-corrected chi connectivity index (χ3v) is 10.0. The van der Waals surface area contributed by atoms with Gasteiger partial charge >= 0.3 is 11.7 Å². The zero-order valence-corrected chi connectivity index (χ0v) is 19.3. The molecule has 0 aromatic carbocycles. The number of esters is 1. The second-order valence-corrected chi connectivity index (χ2v) is 11.8. The van der Waals surface area contributed by atoms with Gasteiger partial charge in [0.2, 0.25) is 0 Å². The Balaban J connectivity index is 5.10. The lowest BCUT2D eigenvalue weighted by atomic mass is 10.0. The lowest BCUT2D eigenvalue weighted by Gasteiger charge is -2.33. The molecule has 0 heterocycles. The van der Waals surface area contributed by atoms with E-state index in [1.807, 2.05) is 0 Å². The second-order valence-electron chi connectivity index (χ2n) is 7.10. The number of nitrogens with zero attached hydrogens (tertiary/aromatic N) is 2. The minimum absolute atomic E-state index is 0.0208. The first-order valence-corrected chi connectivity index (χ1v) is 13.1. The van der Waals surface area contributed by atoms with Gasteiger partial charge in [0.05, 0.1) is 13.2 Å². The number of rotatable bonds is 16. The van der Waals surface area contributed by atoms with Crippen molar-refractivity contribution in [2.75, 3.05) is 7.11 Å². The molecule has 0 aromatic rings. The molecule has 6 nitrogen and oxygen atoms in total. The zero-order chi connectivity index (χ0) is 21.4. The van der Waals surface area contributed by atoms with Gasteiger partial charge in [-0.2, -0.15) is 4.79 Å². The molecule has 160 valence electrons. The summed E-state index contributed by atoms with van der Waals surface area (Å²) < 4.78 is 11.0. The van der Waals surface area contributed by atoms with E-state index in [0.717, 1.165) is 38.1 Å². The number of ether oxygens (including phenoxy) is 1. The van der Waals surface area contributed by atoms with E-state index in [0.29, 0.717) is 6.42 Å². The Morgan fingerprint density at radius 2 is 1.64 bits per heavy atom. The molecular formula is C21H38N2O4Si. The van der Waals surface area contributed by atoms with E-state index in [1.54, 1.807) is 0 Å². The van der Waals surface area contributed by atoms with E-state index in [-0.39, 0.29) is 12.5 Å². The fourth-order valence-corrected chi connectivity index (χ4v) is 6.11. The van der Waals surface area contributed by atoms with Crippen LogP contribution >= 0.6 is 0 Å². The first-order valence-electron chi connectivity index (χ1n) is 10.6. The number of unbranched alkanes of at least 4 members (excludes halogenated alkanes) is 3. The van der Waals surface area contributed by atoms with Gasteiger partial charge in [0.25, 0.3) is 5.78 Å². The Labute approximate surface area is 171 Å². The molecule has 0 spiro atoms. The average molecular weight is 411 g/mol. The van der Waals surface area contributed by atoms with Crippen LogP contribution in [0.1, 0.15) is 72.6 Å². The molecule has 0 aliphatic carbocycles. The Morgan fingerprint density at radius 1 is 1.04 bits per heavy atom. The summed E-state index contributed by atoms with van der Waals surface area (Å²) in [5.74, 6) is -1.47. The highest BCUT2D eigenvalue weighted by molar-refractivity contribution is 6.73. The highest BCUT2D eigenvalue weighted by atomic mass is 28.4. The fraction of sp³-hybridized carbons (Fsp3) is 0.762. The third-order valence-electron chi connectivity index (χ3n) is 5.30. The normalized spacial score (nSPS) is 12.6. The highest BCUT2D eigenvalue weighted by Crippen LogP contribution is 2.26. The van der Waals surface area contributed by atoms with E-state index < -0.39 is 25.8 Å². The molecule has 0 N–H and O–H groups in total. The number of methoxy groups -OCH3 is 1. The standard InChI is InChI=1S/C21H38N2O4Si/c1-6-10-11-12-13-14-15-16-18(27-28(7-2,8-3)9-4)17-19(24)20(23-22)21(25)26-5/h13-14,18H,6-12,15-17H2,1-5H3/b14-13-/t18-/m1/s1. The summed E-state index contributed by atoms with van der Waals surface area (Å²) in [5.41, 5.74) is 8.46. The molecular weight excluding hydrogens is 372 g/mol. The zero-order valence-electron chi connectivity index (χ0n) is 18.3. The molecule has 7 heteroatoms. The van der Waals surface area contributed by atoms with Crippen molar-refractivity contribution < 1.29 is 23.5 Å². The van der Waals surface area contributed by atoms with Crippen LogP contribution in [0.5, 0.6) is 0 Å². The van der Waals surface area contributed by atoms with Gasteiger partial charge < -0.3 is 14.7 Å². The summed E-state index contributed by atoms with van der Waals surface area (Å²) in [7, 11) is -0.755. The number of hydrogen-bond acceptors (Lipinski definition) is 4. The van der Waals surface area contributed by atoms with Crippen LogP contribution in [0, 0.1) is 0 Å². The molecule has 0 aliphatic heterocycles. The fourth-order valence-electron chi connectivity index (χ4n) is 3.20. The van der Waals surface area contributed by atoms with Crippen LogP contribution in [0.15, 0.2) is 12.2 Å². The Morgan fingerprint density at radius 3 is 2.14 bits per heavy atom. The summed E-state index contributed by atoms with van der Waals surface area (Å²) in [6.45, 7) is 8.61. The SMILES string of the molecule is CCCCC/C=C\CC[C@H](CC(=O)C(=[N+]=[N-])C(=O)OC)O[Si](CC)(CC)CC. The average Bonchev–Trinajstić information content (AvgIpc) is 2.71. The van der Waals surface area contributed by atoms with Crippen LogP contribution in [-0.2, 0) is 18.8 Å². The summed E-state index contributed by atoms with van der Waals surface area (Å²) in [6, 6.07) is 2.94. The van der Waals surface area contributed by atoms with Gasteiger partial charge in [-0.1, -0.05) is 52.7 Å². The minimum atomic E-state index is -1.91. The molecule has 0 radical (unpaired) electrons. The molecule has 0 saturated heterocycles. The second kappa shape index (κ2) is 15.4. The van der Waals surface area contributed by atoms with Crippen LogP contribution < -0.4 is 0 Å². The number of carbonyl (C=O) groups is 2. The number of carbonyl (C=O) groups excluding carboxylic acids is 2. The Hall–Kier alpha value is -1.56. The lowest BCUT2D eigenvalue weighted by Crippen LogP contribution is -2.41. The molecule has 0 aromatic heterocycles. The molecule has 0 unspecified atom stereocenters. The van der Waals surface area contributed by atoms with E-state index in [4.69, 9.17) is 9.96 Å². The Bertz CT molecular complexity index is 544. The van der Waals surface area contributed by atoms with E-state index >= 15 is 0 Å². The highest BCUT2D eigenvalue weighted by Gasteiger charge is 2.36. The van der Waals surface area contributed by atoms with Crippen LogP contribution in [0.2, 0.25) is 18.1 Å². The van der Waals surface area contributed by atoms with Gasteiger partial charge in [-0.25, -0.2) is 4.79 Å². The Kier molecular flexibility index (Phi) is 14.5. The van der Waals surface area contributed by atoms with Gasteiger partial charge in [0.15, 0.2) is 8.32 Å². The van der Waals surface area contributed by atoms with Crippen molar-refractivity contribution in [2.24, 2.45) is 0 Å². The molecule has 0 saturated carbocycles. The molecule has 0 rings (SSSR count). The quantitative estimate of drug-likeness (QED) is 0.0517. The lowest BCUT2D eigenvalue weighted by molar-refractivity contribution is -0.139. The minimum Gasteiger partial charge on any atom is -0.460 e. The number of Topliss-reactive ketones (excluding diaryl/α,β-unsaturated/α-hetero) is 1. The van der Waals surface area contributed by atoms with Gasteiger partial charge in [-0.15, -0.1) is 0 Å². The van der Waals surface area contributed by atoms with Crippen molar-refractivity contribution >= 4 is 25.8 Å². The smallest absolute Gasteiger partial charge is 0.441 e. The molecule has 1 atom stereocenters. The molecule has 0 aliphatic rings. The summed E-state index contributed by atoms with van der Waals surface area (Å²) in [5, 5.41) is 0. The van der Waals surface area contributed by atoms with Crippen molar-refractivity contribution in [3.8, 4) is 0 Å². The van der Waals surface area contributed by atoms with Gasteiger partial charge in [0, 0.05) is 6.42 Å². The molecule has 0 bridgehead atoms. The van der Waals surface area contributed by atoms with Gasteiger partial charge in [0.1, 0.15) is 0 Å². The van der Waals surface area contributed by atoms with Crippen LogP contribution in [0.3, 0.4) is 0 Å². The van der Waals surface area contributed by atoms with Crippen LogP contribution in [0.4, 0.5) is 0 Å².